The van der Waals surface area contributed by atoms with E-state index >= 15 is 0 Å². The van der Waals surface area contributed by atoms with Gasteiger partial charge in [-0.3, -0.25) is 0 Å². The summed E-state index contributed by atoms with van der Waals surface area (Å²) in [5, 5.41) is 3.75. The first-order valence-corrected chi connectivity index (χ1v) is 6.32. The highest BCUT2D eigenvalue weighted by atomic mass is 79.9. The Morgan fingerprint density at radius 1 is 0.667 bits per heavy atom. The molecule has 0 spiro atoms. The second-order valence-corrected chi connectivity index (χ2v) is 5.24. The predicted molar refractivity (Wildman–Crippen MR) is 85.3 cm³/mol. The van der Waals surface area contributed by atoms with E-state index in [-0.39, 0.29) is 0 Å². The second-order valence-electron chi connectivity index (χ2n) is 4.32. The van der Waals surface area contributed by atoms with Crippen LogP contribution in [0.1, 0.15) is 0 Å². The van der Waals surface area contributed by atoms with Gasteiger partial charge in [0.1, 0.15) is 23.5 Å². The minimum atomic E-state index is 0.685. The van der Waals surface area contributed by atoms with Gasteiger partial charge >= 0.3 is 0 Å². The number of rotatable bonds is 0. The minimum Gasteiger partial charge on any atom is -0.0961 e. The first kappa shape index (κ1) is 11.9. The van der Waals surface area contributed by atoms with Gasteiger partial charge in [0.25, 0.3) is 0 Å². The Bertz CT molecular complexity index is 713. The van der Waals surface area contributed by atoms with Gasteiger partial charge in [-0.05, 0) is 33.7 Å². The number of hydrogen-bond acceptors (Lipinski definition) is 0. The Morgan fingerprint density at radius 3 is 1.89 bits per heavy atom. The normalized spacial score (nSPS) is 11.2. The summed E-state index contributed by atoms with van der Waals surface area (Å²) in [6.07, 6.45) is 0. The van der Waals surface area contributed by atoms with Crippen LogP contribution in [0.4, 0.5) is 0 Å². The Labute approximate surface area is 118 Å². The van der Waals surface area contributed by atoms with Crippen LogP contribution < -0.4 is 16.4 Å². The van der Waals surface area contributed by atoms with Gasteiger partial charge in [-0.15, -0.1) is 0 Å². The van der Waals surface area contributed by atoms with Gasteiger partial charge in [0.15, 0.2) is 0 Å². The molecule has 0 aliphatic rings. The minimum absolute atomic E-state index is 0.685. The lowest BCUT2D eigenvalue weighted by molar-refractivity contribution is 1.75. The van der Waals surface area contributed by atoms with Crippen molar-refractivity contribution in [3.8, 4) is 0 Å². The molecule has 0 fully saturated rings. The summed E-state index contributed by atoms with van der Waals surface area (Å²) in [4.78, 5) is 0. The highest BCUT2D eigenvalue weighted by Gasteiger charge is 2.08. The summed E-state index contributed by atoms with van der Waals surface area (Å²) in [5.41, 5.74) is 2.13. The van der Waals surface area contributed by atoms with E-state index in [1.54, 1.807) is 0 Å². The topological polar surface area (TPSA) is 0 Å². The van der Waals surface area contributed by atoms with E-state index in [0.717, 1.165) is 31.5 Å². The van der Waals surface area contributed by atoms with Gasteiger partial charge in [-0.25, -0.2) is 0 Å². The lowest BCUT2D eigenvalue weighted by Crippen LogP contribution is -2.18. The number of halogens is 1. The van der Waals surface area contributed by atoms with Crippen LogP contribution in [0, 0.1) is 0 Å². The van der Waals surface area contributed by atoms with Gasteiger partial charge in [-0.1, -0.05) is 56.6 Å². The summed E-state index contributed by atoms with van der Waals surface area (Å²) in [6, 6.07) is 11.5. The first-order valence-electron chi connectivity index (χ1n) is 5.53. The standard InChI is InChI=1S/C14H6B3Br/c15-7-1-3-9-11(5-7)13(16)10-4-2-8(18)6-12(10)14(9)17/h1-6H. The Kier molecular flexibility index (Phi) is 2.78. The van der Waals surface area contributed by atoms with E-state index < -0.39 is 0 Å². The molecule has 3 aromatic rings. The summed E-state index contributed by atoms with van der Waals surface area (Å²) in [6.45, 7) is 0. The molecule has 0 saturated heterocycles. The van der Waals surface area contributed by atoms with Gasteiger partial charge in [0.2, 0.25) is 0 Å². The molecule has 78 valence electrons. The maximum absolute atomic E-state index is 6.23. The zero-order chi connectivity index (χ0) is 12.9. The second kappa shape index (κ2) is 4.20. The molecule has 0 atom stereocenters. The monoisotopic (exact) mass is 286 g/mol. The smallest absolute Gasteiger partial charge is 0.0961 e. The Hall–Kier alpha value is -1.15. The van der Waals surface area contributed by atoms with E-state index in [4.69, 9.17) is 23.5 Å². The molecule has 0 amide bonds. The molecule has 0 heterocycles. The largest absolute Gasteiger partial charge is 0.115 e. The molecule has 18 heavy (non-hydrogen) atoms. The molecule has 0 saturated carbocycles. The van der Waals surface area contributed by atoms with Crippen LogP contribution >= 0.6 is 15.9 Å². The lowest BCUT2D eigenvalue weighted by Gasteiger charge is -2.13. The average Bonchev–Trinajstić information content (AvgIpc) is 2.36. The molecule has 0 aliphatic heterocycles. The van der Waals surface area contributed by atoms with Gasteiger partial charge in [-0.2, -0.15) is 0 Å². The SMILES string of the molecule is [B]c1ccc2c([B])c3cc(Br)ccc3c([B])c2c1. The van der Waals surface area contributed by atoms with Crippen molar-refractivity contribution in [1.29, 1.82) is 0 Å². The third-order valence-electron chi connectivity index (χ3n) is 3.19. The number of benzene rings is 3. The molecular formula is C14H6B3Br. The van der Waals surface area contributed by atoms with Crippen molar-refractivity contribution in [3.05, 3.63) is 40.9 Å². The molecule has 4 heteroatoms. The number of hydrogen-bond donors (Lipinski definition) is 0. The fourth-order valence-corrected chi connectivity index (χ4v) is 2.64. The first-order chi connectivity index (χ1) is 8.58. The fraction of sp³-hybridized carbons (Fsp3) is 0. The molecule has 0 aliphatic carbocycles. The van der Waals surface area contributed by atoms with Crippen LogP contribution in [0.5, 0.6) is 0 Å². The van der Waals surface area contributed by atoms with Crippen LogP contribution in [0.3, 0.4) is 0 Å². The van der Waals surface area contributed by atoms with Crippen molar-refractivity contribution in [3.63, 3.8) is 0 Å². The molecule has 0 nitrogen and oxygen atoms in total. The average molecular weight is 287 g/mol. The summed E-state index contributed by atoms with van der Waals surface area (Å²) in [7, 11) is 18.2. The molecule has 3 aromatic carbocycles. The van der Waals surface area contributed by atoms with E-state index in [9.17, 15) is 0 Å². The molecule has 0 unspecified atom stereocenters. The van der Waals surface area contributed by atoms with E-state index in [2.05, 4.69) is 15.9 Å². The van der Waals surface area contributed by atoms with E-state index in [1.807, 2.05) is 36.4 Å². The Balaban J connectivity index is 2.60. The molecule has 3 rings (SSSR count). The predicted octanol–water partition coefficient (Wildman–Crippen LogP) is 1.14. The van der Waals surface area contributed by atoms with Crippen molar-refractivity contribution >= 4 is 77.4 Å². The van der Waals surface area contributed by atoms with Crippen LogP contribution in [-0.4, -0.2) is 23.5 Å². The maximum Gasteiger partial charge on any atom is 0.115 e. The van der Waals surface area contributed by atoms with Gasteiger partial charge in [0, 0.05) is 4.47 Å². The Morgan fingerprint density at radius 2 is 1.22 bits per heavy atom. The van der Waals surface area contributed by atoms with Crippen LogP contribution in [-0.2, 0) is 0 Å². The fourth-order valence-electron chi connectivity index (χ4n) is 2.28. The van der Waals surface area contributed by atoms with Crippen LogP contribution in [0.2, 0.25) is 0 Å². The van der Waals surface area contributed by atoms with E-state index in [0.29, 0.717) is 10.9 Å². The zero-order valence-electron chi connectivity index (χ0n) is 9.57. The zero-order valence-corrected chi connectivity index (χ0v) is 11.2. The summed E-state index contributed by atoms with van der Waals surface area (Å²) < 4.78 is 0.982. The van der Waals surface area contributed by atoms with Crippen molar-refractivity contribution < 1.29 is 0 Å². The molecule has 0 aromatic heterocycles. The van der Waals surface area contributed by atoms with Crippen LogP contribution in [0.25, 0.3) is 21.5 Å². The van der Waals surface area contributed by atoms with Crippen molar-refractivity contribution in [2.45, 2.75) is 0 Å². The highest BCUT2D eigenvalue weighted by Crippen LogP contribution is 2.20. The highest BCUT2D eigenvalue weighted by molar-refractivity contribution is 9.10. The summed E-state index contributed by atoms with van der Waals surface area (Å²) >= 11 is 3.45. The molecule has 0 bridgehead atoms. The third-order valence-corrected chi connectivity index (χ3v) is 3.68. The number of fused-ring (bicyclic) bond motifs is 2. The molecule has 0 N–H and O–H groups in total. The van der Waals surface area contributed by atoms with Gasteiger partial charge in [0.05, 0.1) is 0 Å². The van der Waals surface area contributed by atoms with Crippen molar-refractivity contribution in [2.75, 3.05) is 0 Å². The maximum atomic E-state index is 6.23. The lowest BCUT2D eigenvalue weighted by atomic mass is 9.76. The van der Waals surface area contributed by atoms with Crippen LogP contribution in [0.15, 0.2) is 40.9 Å². The van der Waals surface area contributed by atoms with E-state index in [1.165, 1.54) is 0 Å². The summed E-state index contributed by atoms with van der Waals surface area (Å²) in [5.74, 6) is 0. The van der Waals surface area contributed by atoms with Crippen molar-refractivity contribution in [1.82, 2.24) is 0 Å². The van der Waals surface area contributed by atoms with Gasteiger partial charge < -0.3 is 0 Å². The third kappa shape index (κ3) is 1.71. The van der Waals surface area contributed by atoms with Crippen molar-refractivity contribution in [2.24, 2.45) is 0 Å². The quantitative estimate of drug-likeness (QED) is 0.429. The molecule has 6 radical (unpaired) electrons. The molecular weight excluding hydrogens is 280 g/mol.